The zero-order valence-corrected chi connectivity index (χ0v) is 15.6. The molecule has 1 atom stereocenters. The summed E-state index contributed by atoms with van der Waals surface area (Å²) in [6.07, 6.45) is 1.13. The number of alkyl carbamates (subject to hydrolysis) is 1. The molecule has 0 spiro atoms. The molecule has 8 heteroatoms. The predicted molar refractivity (Wildman–Crippen MR) is 91.9 cm³/mol. The van der Waals surface area contributed by atoms with Gasteiger partial charge in [-0.15, -0.1) is 11.6 Å². The Morgan fingerprint density at radius 1 is 1.25 bits per heavy atom. The highest BCUT2D eigenvalue weighted by atomic mass is 35.5. The molecule has 0 aromatic heterocycles. The van der Waals surface area contributed by atoms with Crippen molar-refractivity contribution >= 4 is 29.5 Å². The van der Waals surface area contributed by atoms with Gasteiger partial charge in [0.15, 0.2) is 0 Å². The molecule has 24 heavy (non-hydrogen) atoms. The van der Waals surface area contributed by atoms with Gasteiger partial charge in [-0.05, 0) is 40.5 Å². The van der Waals surface area contributed by atoms with E-state index in [0.29, 0.717) is 25.9 Å². The van der Waals surface area contributed by atoms with Gasteiger partial charge in [-0.1, -0.05) is 0 Å². The molecule has 3 amide bonds. The second kappa shape index (κ2) is 9.11. The number of likely N-dealkylation sites (tertiary alicyclic amines) is 1. The van der Waals surface area contributed by atoms with Gasteiger partial charge >= 0.3 is 6.09 Å². The summed E-state index contributed by atoms with van der Waals surface area (Å²) >= 11 is 5.73. The number of amides is 3. The molecule has 0 radical (unpaired) electrons. The fourth-order valence-electron chi connectivity index (χ4n) is 2.33. The van der Waals surface area contributed by atoms with E-state index in [9.17, 15) is 14.4 Å². The van der Waals surface area contributed by atoms with Crippen LogP contribution >= 0.6 is 11.6 Å². The molecule has 1 unspecified atom stereocenters. The number of halogens is 1. The maximum atomic E-state index is 12.1. The van der Waals surface area contributed by atoms with Crippen molar-refractivity contribution in [3.05, 3.63) is 0 Å². The number of carbonyl (C=O) groups excluding carboxylic acids is 3. The zero-order valence-electron chi connectivity index (χ0n) is 14.9. The Bertz CT molecular complexity index is 455. The Morgan fingerprint density at radius 2 is 1.83 bits per heavy atom. The first-order chi connectivity index (χ1) is 11.1. The first kappa shape index (κ1) is 20.5. The summed E-state index contributed by atoms with van der Waals surface area (Å²) < 4.78 is 5.11. The fourth-order valence-corrected chi connectivity index (χ4v) is 2.40. The van der Waals surface area contributed by atoms with Crippen LogP contribution in [0.2, 0.25) is 0 Å². The fraction of sp³-hybridized carbons (Fsp3) is 0.812. The van der Waals surface area contributed by atoms with Crippen LogP contribution in [0.15, 0.2) is 0 Å². The minimum atomic E-state index is -0.555. The van der Waals surface area contributed by atoms with E-state index in [1.54, 1.807) is 32.6 Å². The van der Waals surface area contributed by atoms with Crippen molar-refractivity contribution in [3.63, 3.8) is 0 Å². The highest BCUT2D eigenvalue weighted by Gasteiger charge is 2.24. The molecule has 0 saturated carbocycles. The van der Waals surface area contributed by atoms with Crippen molar-refractivity contribution in [2.45, 2.75) is 64.0 Å². The van der Waals surface area contributed by atoms with Gasteiger partial charge in [0.2, 0.25) is 11.8 Å². The van der Waals surface area contributed by atoms with E-state index in [0.717, 1.165) is 0 Å². The van der Waals surface area contributed by atoms with Crippen LogP contribution in [0.1, 0.15) is 47.0 Å². The molecule has 0 bridgehead atoms. The lowest BCUT2D eigenvalue weighted by atomic mass is 10.0. The number of alkyl halides is 1. The van der Waals surface area contributed by atoms with Crippen molar-refractivity contribution in [2.24, 2.45) is 0 Å². The third-order valence-electron chi connectivity index (χ3n) is 3.56. The summed E-state index contributed by atoms with van der Waals surface area (Å²) in [5.41, 5.74) is -0.555. The van der Waals surface area contributed by atoms with Gasteiger partial charge in [-0.25, -0.2) is 4.79 Å². The highest BCUT2D eigenvalue weighted by molar-refractivity contribution is 6.30. The van der Waals surface area contributed by atoms with E-state index in [2.05, 4.69) is 10.6 Å². The van der Waals surface area contributed by atoms with Crippen molar-refractivity contribution in [1.29, 1.82) is 0 Å². The largest absolute Gasteiger partial charge is 0.444 e. The smallest absolute Gasteiger partial charge is 0.407 e. The molecule has 138 valence electrons. The van der Waals surface area contributed by atoms with E-state index in [-0.39, 0.29) is 30.8 Å². The molecule has 7 nitrogen and oxygen atoms in total. The molecule has 1 aliphatic rings. The van der Waals surface area contributed by atoms with Crippen LogP contribution in [0, 0.1) is 0 Å². The SMILES string of the molecule is CC(Cl)C(=O)NC1CCN(C(=O)CCNC(=O)OC(C)(C)C)CC1. The number of carbonyl (C=O) groups is 3. The molecule has 2 N–H and O–H groups in total. The number of hydrogen-bond acceptors (Lipinski definition) is 4. The minimum Gasteiger partial charge on any atom is -0.444 e. The lowest BCUT2D eigenvalue weighted by Crippen LogP contribution is -2.48. The lowest BCUT2D eigenvalue weighted by Gasteiger charge is -2.32. The van der Waals surface area contributed by atoms with Gasteiger partial charge in [0, 0.05) is 32.1 Å². The molecule has 0 aromatic carbocycles. The second-order valence-corrected chi connectivity index (χ2v) is 7.61. The Labute approximate surface area is 148 Å². The van der Waals surface area contributed by atoms with Gasteiger partial charge in [-0.2, -0.15) is 0 Å². The van der Waals surface area contributed by atoms with Crippen molar-refractivity contribution < 1.29 is 19.1 Å². The zero-order chi connectivity index (χ0) is 18.3. The van der Waals surface area contributed by atoms with Gasteiger partial charge in [0.25, 0.3) is 0 Å². The monoisotopic (exact) mass is 361 g/mol. The van der Waals surface area contributed by atoms with Crippen molar-refractivity contribution in [3.8, 4) is 0 Å². The van der Waals surface area contributed by atoms with Crippen LogP contribution in [0.25, 0.3) is 0 Å². The maximum absolute atomic E-state index is 12.1. The third kappa shape index (κ3) is 7.86. The Morgan fingerprint density at radius 3 is 2.33 bits per heavy atom. The molecule has 1 aliphatic heterocycles. The normalized spacial score (nSPS) is 17.1. The van der Waals surface area contributed by atoms with Crippen LogP contribution in [0.4, 0.5) is 4.79 Å². The first-order valence-corrected chi connectivity index (χ1v) is 8.71. The topological polar surface area (TPSA) is 87.7 Å². The van der Waals surface area contributed by atoms with E-state index >= 15 is 0 Å². The van der Waals surface area contributed by atoms with E-state index in [1.165, 1.54) is 0 Å². The molecule has 1 fully saturated rings. The molecule has 0 aliphatic carbocycles. The molecular formula is C16H28ClN3O4. The van der Waals surface area contributed by atoms with Crippen LogP contribution in [0.3, 0.4) is 0 Å². The lowest BCUT2D eigenvalue weighted by molar-refractivity contribution is -0.132. The standard InChI is InChI=1S/C16H28ClN3O4/c1-11(17)14(22)19-12-6-9-20(10-7-12)13(21)5-8-18-15(23)24-16(2,3)4/h11-12H,5-10H2,1-4H3,(H,18,23)(H,19,22). The average molecular weight is 362 g/mol. The Hall–Kier alpha value is -1.50. The third-order valence-corrected chi connectivity index (χ3v) is 3.76. The summed E-state index contributed by atoms with van der Waals surface area (Å²) in [6.45, 7) is 8.41. The molecule has 1 rings (SSSR count). The van der Waals surface area contributed by atoms with Gasteiger partial charge < -0.3 is 20.3 Å². The van der Waals surface area contributed by atoms with E-state index < -0.39 is 17.1 Å². The average Bonchev–Trinajstić information content (AvgIpc) is 2.45. The summed E-state index contributed by atoms with van der Waals surface area (Å²) in [5.74, 6) is -0.190. The Balaban J connectivity index is 2.24. The molecule has 0 aromatic rings. The van der Waals surface area contributed by atoms with Crippen LogP contribution in [0.5, 0.6) is 0 Å². The highest BCUT2D eigenvalue weighted by Crippen LogP contribution is 2.12. The Kier molecular flexibility index (Phi) is 7.79. The number of ether oxygens (including phenoxy) is 1. The van der Waals surface area contributed by atoms with Gasteiger partial charge in [-0.3, -0.25) is 9.59 Å². The van der Waals surface area contributed by atoms with E-state index in [1.807, 2.05) is 0 Å². The molecule has 1 saturated heterocycles. The minimum absolute atomic E-state index is 0.0125. The van der Waals surface area contributed by atoms with Crippen molar-refractivity contribution in [1.82, 2.24) is 15.5 Å². The number of nitrogens with zero attached hydrogens (tertiary/aromatic N) is 1. The van der Waals surface area contributed by atoms with Crippen LogP contribution < -0.4 is 10.6 Å². The van der Waals surface area contributed by atoms with Gasteiger partial charge in [0.1, 0.15) is 11.0 Å². The predicted octanol–water partition coefficient (Wildman–Crippen LogP) is 1.64. The summed E-state index contributed by atoms with van der Waals surface area (Å²) in [7, 11) is 0. The summed E-state index contributed by atoms with van der Waals surface area (Å²) in [6, 6.07) is 0.0580. The van der Waals surface area contributed by atoms with E-state index in [4.69, 9.17) is 16.3 Å². The van der Waals surface area contributed by atoms with Gasteiger partial charge in [0.05, 0.1) is 0 Å². The van der Waals surface area contributed by atoms with Crippen LogP contribution in [-0.4, -0.2) is 59.5 Å². The second-order valence-electron chi connectivity index (χ2n) is 6.96. The number of piperidine rings is 1. The number of rotatable bonds is 5. The van der Waals surface area contributed by atoms with Crippen molar-refractivity contribution in [2.75, 3.05) is 19.6 Å². The first-order valence-electron chi connectivity index (χ1n) is 8.27. The quantitative estimate of drug-likeness (QED) is 0.728. The maximum Gasteiger partial charge on any atom is 0.407 e. The molecule has 1 heterocycles. The summed E-state index contributed by atoms with van der Waals surface area (Å²) in [4.78, 5) is 36.9. The summed E-state index contributed by atoms with van der Waals surface area (Å²) in [5, 5.41) is 4.90. The molecular weight excluding hydrogens is 334 g/mol. The number of nitrogens with one attached hydrogen (secondary N) is 2. The number of hydrogen-bond donors (Lipinski definition) is 2. The van der Waals surface area contributed by atoms with Crippen LogP contribution in [-0.2, 0) is 14.3 Å².